The Balaban J connectivity index is 3.47. The van der Waals surface area contributed by atoms with E-state index in [0.717, 1.165) is 0 Å². The van der Waals surface area contributed by atoms with E-state index in [1.165, 1.54) is 0 Å². The van der Waals surface area contributed by atoms with Crippen LogP contribution in [0.3, 0.4) is 0 Å². The molecule has 0 heterocycles. The van der Waals surface area contributed by atoms with Gasteiger partial charge in [0.2, 0.25) is 0 Å². The third-order valence-corrected chi connectivity index (χ3v) is 3.52. The molecule has 0 bridgehead atoms. The number of unbranched alkanes of at least 4 members (excludes halogenated alkanes) is 1. The normalized spacial score (nSPS) is 13.8. The SMILES string of the molecule is CC(CNC(=O)NCCCCC(=O)O)S(C)=O. The fraction of sp³-hybridized carbons (Fsp3) is 0.800. The first kappa shape index (κ1) is 15.9. The summed E-state index contributed by atoms with van der Waals surface area (Å²) in [6, 6.07) is -0.308. The number of carbonyl (C=O) groups is 2. The van der Waals surface area contributed by atoms with E-state index in [9.17, 15) is 13.8 Å². The molecule has 0 aliphatic carbocycles. The van der Waals surface area contributed by atoms with Gasteiger partial charge in [0.15, 0.2) is 0 Å². The fourth-order valence-electron chi connectivity index (χ4n) is 1.02. The van der Waals surface area contributed by atoms with Gasteiger partial charge in [-0.3, -0.25) is 9.00 Å². The summed E-state index contributed by atoms with van der Waals surface area (Å²) in [5, 5.41) is 13.5. The lowest BCUT2D eigenvalue weighted by Gasteiger charge is -2.10. The van der Waals surface area contributed by atoms with Gasteiger partial charge in [-0.25, -0.2) is 4.79 Å². The van der Waals surface area contributed by atoms with Crippen LogP contribution in [0.25, 0.3) is 0 Å². The van der Waals surface area contributed by atoms with Gasteiger partial charge in [0.25, 0.3) is 0 Å². The van der Waals surface area contributed by atoms with Crippen LogP contribution in [0.4, 0.5) is 4.79 Å². The maximum Gasteiger partial charge on any atom is 0.314 e. The summed E-state index contributed by atoms with van der Waals surface area (Å²) in [5.74, 6) is -0.825. The van der Waals surface area contributed by atoms with Gasteiger partial charge in [-0.2, -0.15) is 0 Å². The zero-order valence-corrected chi connectivity index (χ0v) is 11.0. The van der Waals surface area contributed by atoms with Gasteiger partial charge in [-0.1, -0.05) is 0 Å². The molecule has 2 unspecified atom stereocenters. The van der Waals surface area contributed by atoms with E-state index in [4.69, 9.17) is 5.11 Å². The number of nitrogens with one attached hydrogen (secondary N) is 2. The molecule has 0 aromatic carbocycles. The van der Waals surface area contributed by atoms with Crippen LogP contribution in [0.15, 0.2) is 0 Å². The second-order valence-corrected chi connectivity index (χ2v) is 5.60. The number of rotatable bonds is 8. The van der Waals surface area contributed by atoms with Gasteiger partial charge >= 0.3 is 12.0 Å². The van der Waals surface area contributed by atoms with Crippen molar-refractivity contribution in [3.63, 3.8) is 0 Å². The number of carboxylic acids is 1. The molecule has 0 fully saturated rings. The highest BCUT2D eigenvalue weighted by molar-refractivity contribution is 7.84. The molecule has 0 radical (unpaired) electrons. The Morgan fingerprint density at radius 3 is 2.47 bits per heavy atom. The zero-order valence-electron chi connectivity index (χ0n) is 10.2. The van der Waals surface area contributed by atoms with Crippen LogP contribution in [-0.2, 0) is 15.6 Å². The minimum Gasteiger partial charge on any atom is -0.481 e. The molecule has 0 aliphatic heterocycles. The summed E-state index contributed by atoms with van der Waals surface area (Å²) < 4.78 is 11.0. The average Bonchev–Trinajstić information content (AvgIpc) is 2.24. The van der Waals surface area contributed by atoms with Gasteiger partial charge in [-0.15, -0.1) is 0 Å². The minimum absolute atomic E-state index is 0.0761. The fourth-order valence-corrected chi connectivity index (χ4v) is 1.34. The second kappa shape index (κ2) is 8.98. The average molecular weight is 264 g/mol. The molecule has 0 saturated carbocycles. The van der Waals surface area contributed by atoms with Gasteiger partial charge in [0.1, 0.15) is 0 Å². The van der Waals surface area contributed by atoms with Crippen molar-refractivity contribution < 1.29 is 18.9 Å². The molecular weight excluding hydrogens is 244 g/mol. The molecule has 0 aromatic heterocycles. The molecule has 0 spiro atoms. The number of aliphatic carboxylic acids is 1. The number of carboxylic acid groups (broad SMARTS) is 1. The molecule has 0 saturated heterocycles. The van der Waals surface area contributed by atoms with Crippen LogP contribution in [0.5, 0.6) is 0 Å². The Bertz CT molecular complexity index is 283. The number of urea groups is 1. The third-order valence-electron chi connectivity index (χ3n) is 2.22. The highest BCUT2D eigenvalue weighted by Crippen LogP contribution is 1.93. The third kappa shape index (κ3) is 9.80. The Morgan fingerprint density at radius 1 is 1.29 bits per heavy atom. The molecular formula is C10H20N2O4S. The lowest BCUT2D eigenvalue weighted by Crippen LogP contribution is -2.40. The molecule has 2 amide bonds. The number of hydrogen-bond acceptors (Lipinski definition) is 3. The molecule has 3 N–H and O–H groups in total. The lowest BCUT2D eigenvalue weighted by atomic mass is 10.2. The maximum atomic E-state index is 11.2. The van der Waals surface area contributed by atoms with Crippen LogP contribution in [0.2, 0.25) is 0 Å². The smallest absolute Gasteiger partial charge is 0.314 e. The molecule has 6 nitrogen and oxygen atoms in total. The first-order chi connectivity index (χ1) is 7.93. The maximum absolute atomic E-state index is 11.2. The van der Waals surface area contributed by atoms with Crippen molar-refractivity contribution in [2.24, 2.45) is 0 Å². The Labute approximate surface area is 104 Å². The van der Waals surface area contributed by atoms with Gasteiger partial charge in [0.05, 0.1) is 0 Å². The van der Waals surface area contributed by atoms with Crippen molar-refractivity contribution >= 4 is 22.8 Å². The molecule has 0 rings (SSSR count). The van der Waals surface area contributed by atoms with Crippen LogP contribution in [0, 0.1) is 0 Å². The van der Waals surface area contributed by atoms with E-state index >= 15 is 0 Å². The van der Waals surface area contributed by atoms with Crippen molar-refractivity contribution in [2.75, 3.05) is 19.3 Å². The summed E-state index contributed by atoms with van der Waals surface area (Å²) in [6.45, 7) is 2.61. The summed E-state index contributed by atoms with van der Waals surface area (Å²) in [6.07, 6.45) is 2.89. The highest BCUT2D eigenvalue weighted by atomic mass is 32.2. The van der Waals surface area contributed by atoms with Gasteiger partial charge < -0.3 is 15.7 Å². The van der Waals surface area contributed by atoms with Gasteiger partial charge in [-0.05, 0) is 19.8 Å². The van der Waals surface area contributed by atoms with Crippen LogP contribution in [0.1, 0.15) is 26.2 Å². The molecule has 0 aliphatic rings. The van der Waals surface area contributed by atoms with E-state index in [2.05, 4.69) is 10.6 Å². The molecule has 0 aromatic rings. The summed E-state index contributed by atoms with van der Waals surface area (Å²) >= 11 is 0. The quantitative estimate of drug-likeness (QED) is 0.550. The Morgan fingerprint density at radius 2 is 1.94 bits per heavy atom. The highest BCUT2D eigenvalue weighted by Gasteiger charge is 2.07. The number of amides is 2. The lowest BCUT2D eigenvalue weighted by molar-refractivity contribution is -0.137. The standard InChI is InChI=1S/C10H20N2O4S/c1-8(17(2)16)7-12-10(15)11-6-4-3-5-9(13)14/h8H,3-7H2,1-2H3,(H,13,14)(H2,11,12,15). The summed E-state index contributed by atoms with van der Waals surface area (Å²) in [7, 11) is -0.949. The molecule has 17 heavy (non-hydrogen) atoms. The molecule has 100 valence electrons. The molecule has 2 atom stereocenters. The summed E-state index contributed by atoms with van der Waals surface area (Å²) in [5.41, 5.74) is 0. The van der Waals surface area contributed by atoms with Crippen molar-refractivity contribution in [3.05, 3.63) is 0 Å². The largest absolute Gasteiger partial charge is 0.481 e. The number of hydrogen-bond donors (Lipinski definition) is 3. The second-order valence-electron chi connectivity index (χ2n) is 3.80. The number of carbonyl (C=O) groups excluding carboxylic acids is 1. The first-order valence-corrected chi connectivity index (χ1v) is 7.11. The Hall–Kier alpha value is -1.11. The topological polar surface area (TPSA) is 95.5 Å². The van der Waals surface area contributed by atoms with Crippen molar-refractivity contribution in [2.45, 2.75) is 31.4 Å². The van der Waals surface area contributed by atoms with Crippen molar-refractivity contribution in [1.82, 2.24) is 10.6 Å². The zero-order chi connectivity index (χ0) is 13.3. The predicted octanol–water partition coefficient (Wildman–Crippen LogP) is 0.308. The van der Waals surface area contributed by atoms with Gasteiger partial charge in [0, 0.05) is 41.8 Å². The molecule has 7 heteroatoms. The minimum atomic E-state index is -0.949. The van der Waals surface area contributed by atoms with Crippen molar-refractivity contribution in [1.29, 1.82) is 0 Å². The first-order valence-electron chi connectivity index (χ1n) is 5.49. The Kier molecular flexibility index (Phi) is 8.39. The van der Waals surface area contributed by atoms with Crippen LogP contribution < -0.4 is 10.6 Å². The monoisotopic (exact) mass is 264 g/mol. The van der Waals surface area contributed by atoms with E-state index in [-0.39, 0.29) is 17.7 Å². The predicted molar refractivity (Wildman–Crippen MR) is 66.4 cm³/mol. The van der Waals surface area contributed by atoms with E-state index in [0.29, 0.717) is 25.9 Å². The van der Waals surface area contributed by atoms with Crippen molar-refractivity contribution in [3.8, 4) is 0 Å². The van der Waals surface area contributed by atoms with E-state index in [1.54, 1.807) is 13.2 Å². The van der Waals surface area contributed by atoms with Crippen LogP contribution >= 0.6 is 0 Å². The van der Waals surface area contributed by atoms with E-state index in [1.807, 2.05) is 0 Å². The van der Waals surface area contributed by atoms with E-state index < -0.39 is 16.8 Å². The van der Waals surface area contributed by atoms with Crippen LogP contribution in [-0.4, -0.2) is 45.9 Å². The summed E-state index contributed by atoms with van der Waals surface area (Å²) in [4.78, 5) is 21.4.